The van der Waals surface area contributed by atoms with E-state index >= 15 is 0 Å². The Morgan fingerprint density at radius 1 is 0.867 bits per heavy atom. The lowest BCUT2D eigenvalue weighted by atomic mass is 10.3. The van der Waals surface area contributed by atoms with Crippen molar-refractivity contribution in [1.82, 2.24) is 0 Å². The van der Waals surface area contributed by atoms with Gasteiger partial charge in [0, 0.05) is 6.07 Å². The van der Waals surface area contributed by atoms with Gasteiger partial charge in [0.25, 0.3) is 10.0 Å². The van der Waals surface area contributed by atoms with E-state index in [0.717, 1.165) is 0 Å². The summed E-state index contributed by atoms with van der Waals surface area (Å²) in [5.74, 6) is 2.09. The molecule has 6 nitrogen and oxygen atoms in total. The first-order valence-electron chi connectivity index (χ1n) is 9.18. The summed E-state index contributed by atoms with van der Waals surface area (Å²) < 4.78 is 44.1. The zero-order chi connectivity index (χ0) is 21.6. The second-order valence-electron chi connectivity index (χ2n) is 6.25. The molecule has 0 aliphatic heterocycles. The Bertz CT molecular complexity index is 1100. The summed E-state index contributed by atoms with van der Waals surface area (Å²) in [5, 5.41) is 0. The van der Waals surface area contributed by atoms with Crippen molar-refractivity contribution in [2.75, 3.05) is 25.1 Å². The number of benzene rings is 3. The summed E-state index contributed by atoms with van der Waals surface area (Å²) in [6.07, 6.45) is 1.53. The third kappa shape index (κ3) is 4.58. The van der Waals surface area contributed by atoms with Crippen LogP contribution in [-0.4, -0.2) is 29.2 Å². The van der Waals surface area contributed by atoms with Crippen LogP contribution in [0.15, 0.2) is 90.3 Å². The highest BCUT2D eigenvalue weighted by atomic mass is 32.2. The van der Waals surface area contributed by atoms with E-state index in [0.29, 0.717) is 28.7 Å². The largest absolute Gasteiger partial charge is 0.493 e. The molecule has 0 N–H and O–H groups in total. The first kappa shape index (κ1) is 21.3. The SMILES string of the molecule is C=CCN(c1ccc(Oc2ccccc2)cc1)S(=O)(=O)c1ccc(OC)c(OC)c1. The molecule has 3 rings (SSSR count). The van der Waals surface area contributed by atoms with Crippen LogP contribution in [0.25, 0.3) is 0 Å². The van der Waals surface area contributed by atoms with E-state index in [1.165, 1.54) is 36.7 Å². The van der Waals surface area contributed by atoms with Gasteiger partial charge in [0.15, 0.2) is 11.5 Å². The Hall–Kier alpha value is -3.45. The Morgan fingerprint density at radius 2 is 1.50 bits per heavy atom. The molecule has 0 spiro atoms. The van der Waals surface area contributed by atoms with Gasteiger partial charge in [0.1, 0.15) is 11.5 Å². The lowest BCUT2D eigenvalue weighted by Gasteiger charge is -2.24. The molecule has 3 aromatic carbocycles. The zero-order valence-corrected chi connectivity index (χ0v) is 17.6. The minimum atomic E-state index is -3.86. The van der Waals surface area contributed by atoms with Crippen molar-refractivity contribution in [3.63, 3.8) is 0 Å². The molecule has 3 aromatic rings. The third-order valence-corrected chi connectivity index (χ3v) is 6.13. The van der Waals surface area contributed by atoms with Gasteiger partial charge in [0.05, 0.1) is 31.3 Å². The van der Waals surface area contributed by atoms with Crippen molar-refractivity contribution in [2.24, 2.45) is 0 Å². The number of hydrogen-bond acceptors (Lipinski definition) is 5. The van der Waals surface area contributed by atoms with E-state index in [1.54, 1.807) is 30.3 Å². The van der Waals surface area contributed by atoms with Crippen molar-refractivity contribution in [2.45, 2.75) is 4.90 Å². The number of methoxy groups -OCH3 is 2. The first-order chi connectivity index (χ1) is 14.5. The van der Waals surface area contributed by atoms with Crippen molar-refractivity contribution in [3.05, 3.63) is 85.5 Å². The van der Waals surface area contributed by atoms with Crippen LogP contribution in [0.2, 0.25) is 0 Å². The molecule has 156 valence electrons. The highest BCUT2D eigenvalue weighted by molar-refractivity contribution is 7.92. The molecule has 0 aliphatic carbocycles. The van der Waals surface area contributed by atoms with Crippen molar-refractivity contribution in [3.8, 4) is 23.0 Å². The van der Waals surface area contributed by atoms with Gasteiger partial charge in [-0.05, 0) is 48.5 Å². The number of rotatable bonds is 9. The predicted molar refractivity (Wildman–Crippen MR) is 117 cm³/mol. The Labute approximate surface area is 177 Å². The van der Waals surface area contributed by atoms with Crippen molar-refractivity contribution < 1.29 is 22.6 Å². The average molecular weight is 426 g/mol. The predicted octanol–water partition coefficient (Wildman–Crippen LogP) is 4.88. The van der Waals surface area contributed by atoms with Crippen molar-refractivity contribution in [1.29, 1.82) is 0 Å². The summed E-state index contributed by atoms with van der Waals surface area (Å²) in [4.78, 5) is 0.0895. The molecule has 0 amide bonds. The zero-order valence-electron chi connectivity index (χ0n) is 16.8. The third-order valence-electron chi connectivity index (χ3n) is 4.34. The lowest BCUT2D eigenvalue weighted by molar-refractivity contribution is 0.354. The summed E-state index contributed by atoms with van der Waals surface area (Å²) in [5.41, 5.74) is 0.491. The Kier molecular flexibility index (Phi) is 6.64. The van der Waals surface area contributed by atoms with Crippen LogP contribution < -0.4 is 18.5 Å². The molecule has 0 aliphatic rings. The van der Waals surface area contributed by atoms with E-state index in [4.69, 9.17) is 14.2 Å². The van der Waals surface area contributed by atoms with Gasteiger partial charge >= 0.3 is 0 Å². The second kappa shape index (κ2) is 9.37. The number of ether oxygens (including phenoxy) is 3. The van der Waals surface area contributed by atoms with Gasteiger partial charge in [-0.1, -0.05) is 24.3 Å². The summed E-state index contributed by atoms with van der Waals surface area (Å²) in [6, 6.07) is 20.7. The van der Waals surface area contributed by atoms with Gasteiger partial charge in [-0.2, -0.15) is 0 Å². The standard InChI is InChI=1S/C23H23NO5S/c1-4-16-24(30(25,26)21-14-15-22(27-2)23(17-21)28-3)18-10-12-20(13-11-18)29-19-8-6-5-7-9-19/h4-15,17H,1,16H2,2-3H3. The van der Waals surface area contributed by atoms with E-state index in [1.807, 2.05) is 30.3 Å². The minimum Gasteiger partial charge on any atom is -0.493 e. The summed E-state index contributed by atoms with van der Waals surface area (Å²) in [7, 11) is -0.905. The molecule has 0 saturated heterocycles. The van der Waals surface area contributed by atoms with Crippen LogP contribution in [0.4, 0.5) is 5.69 Å². The maximum atomic E-state index is 13.3. The lowest BCUT2D eigenvalue weighted by Crippen LogP contribution is -2.31. The van der Waals surface area contributed by atoms with Gasteiger partial charge in [-0.25, -0.2) is 8.42 Å². The maximum Gasteiger partial charge on any atom is 0.264 e. The minimum absolute atomic E-state index is 0.0895. The molecular weight excluding hydrogens is 402 g/mol. The molecule has 0 aromatic heterocycles. The van der Waals surface area contributed by atoms with Crippen LogP contribution in [-0.2, 0) is 10.0 Å². The Balaban J connectivity index is 1.92. The number of nitrogens with zero attached hydrogens (tertiary/aromatic N) is 1. The fourth-order valence-corrected chi connectivity index (χ4v) is 4.32. The molecule has 0 heterocycles. The molecule has 0 bridgehead atoms. The quantitative estimate of drug-likeness (QED) is 0.457. The summed E-state index contributed by atoms with van der Waals surface area (Å²) in [6.45, 7) is 3.80. The first-order valence-corrected chi connectivity index (χ1v) is 10.6. The van der Waals surface area contributed by atoms with E-state index in [9.17, 15) is 8.42 Å². The fraction of sp³-hybridized carbons (Fsp3) is 0.130. The molecule has 0 radical (unpaired) electrons. The normalized spacial score (nSPS) is 10.9. The Morgan fingerprint density at radius 3 is 2.10 bits per heavy atom. The number of sulfonamides is 1. The monoisotopic (exact) mass is 425 g/mol. The number of anilines is 1. The molecule has 7 heteroatoms. The van der Waals surface area contributed by atoms with Crippen LogP contribution in [0.3, 0.4) is 0 Å². The molecule has 30 heavy (non-hydrogen) atoms. The molecule has 0 unspecified atom stereocenters. The van der Waals surface area contributed by atoms with Crippen LogP contribution in [0.5, 0.6) is 23.0 Å². The van der Waals surface area contributed by atoms with Crippen molar-refractivity contribution >= 4 is 15.7 Å². The highest BCUT2D eigenvalue weighted by Crippen LogP contribution is 2.33. The van der Waals surface area contributed by atoms with Crippen LogP contribution in [0, 0.1) is 0 Å². The molecule has 0 atom stereocenters. The second-order valence-corrected chi connectivity index (χ2v) is 8.11. The molecule has 0 fully saturated rings. The summed E-state index contributed by atoms with van der Waals surface area (Å²) >= 11 is 0. The van der Waals surface area contributed by atoms with Gasteiger partial charge in [-0.3, -0.25) is 4.31 Å². The number of hydrogen-bond donors (Lipinski definition) is 0. The molecule has 0 saturated carbocycles. The highest BCUT2D eigenvalue weighted by Gasteiger charge is 2.25. The maximum absolute atomic E-state index is 13.3. The van der Waals surface area contributed by atoms with E-state index in [2.05, 4.69) is 6.58 Å². The van der Waals surface area contributed by atoms with E-state index < -0.39 is 10.0 Å². The van der Waals surface area contributed by atoms with Crippen LogP contribution >= 0.6 is 0 Å². The topological polar surface area (TPSA) is 65.1 Å². The van der Waals surface area contributed by atoms with E-state index in [-0.39, 0.29) is 11.4 Å². The van der Waals surface area contributed by atoms with Gasteiger partial charge < -0.3 is 14.2 Å². The smallest absolute Gasteiger partial charge is 0.264 e. The van der Waals surface area contributed by atoms with Crippen LogP contribution in [0.1, 0.15) is 0 Å². The number of para-hydroxylation sites is 1. The average Bonchev–Trinajstić information content (AvgIpc) is 2.78. The molecular formula is C23H23NO5S. The van der Waals surface area contributed by atoms with Gasteiger partial charge in [-0.15, -0.1) is 6.58 Å². The fourth-order valence-electron chi connectivity index (χ4n) is 2.87. The van der Waals surface area contributed by atoms with Gasteiger partial charge in [0.2, 0.25) is 0 Å².